The smallest absolute Gasteiger partial charge is 0.0323 e. The lowest BCUT2D eigenvalue weighted by molar-refractivity contribution is 0.562. The van der Waals surface area contributed by atoms with Crippen molar-refractivity contribution in [3.63, 3.8) is 0 Å². The average molecular weight is 180 g/mol. The minimum Gasteiger partial charge on any atom is -0.0856 e. The zero-order chi connectivity index (χ0) is 9.36. The second kappa shape index (κ2) is 7.17. The summed E-state index contributed by atoms with van der Waals surface area (Å²) in [5.41, 5.74) is 1.63. The first-order chi connectivity index (χ1) is 6.39. The van der Waals surface area contributed by atoms with Crippen LogP contribution in [0.5, 0.6) is 0 Å². The van der Waals surface area contributed by atoms with Crippen LogP contribution in [0.15, 0.2) is 11.6 Å². The van der Waals surface area contributed by atoms with Gasteiger partial charge in [0.1, 0.15) is 0 Å². The van der Waals surface area contributed by atoms with Crippen LogP contribution in [0, 0.1) is 0 Å². The Hall–Kier alpha value is -0.260. The SMILES string of the molecule is C/C1=C\CCCCCCCCCC1. The van der Waals surface area contributed by atoms with Gasteiger partial charge < -0.3 is 0 Å². The first-order valence-electron chi connectivity index (χ1n) is 6.05. The minimum atomic E-state index is 1.33. The van der Waals surface area contributed by atoms with Crippen LogP contribution in [0.4, 0.5) is 0 Å². The lowest BCUT2D eigenvalue weighted by atomic mass is 10.0. The van der Waals surface area contributed by atoms with Gasteiger partial charge in [0, 0.05) is 0 Å². The van der Waals surface area contributed by atoms with Crippen molar-refractivity contribution in [3.8, 4) is 0 Å². The van der Waals surface area contributed by atoms with E-state index in [1.165, 1.54) is 64.2 Å². The molecule has 0 nitrogen and oxygen atoms in total. The van der Waals surface area contributed by atoms with Gasteiger partial charge in [-0.3, -0.25) is 0 Å². The molecule has 0 saturated carbocycles. The van der Waals surface area contributed by atoms with Crippen molar-refractivity contribution in [1.29, 1.82) is 0 Å². The molecule has 0 aromatic rings. The summed E-state index contributed by atoms with van der Waals surface area (Å²) >= 11 is 0. The Morgan fingerprint density at radius 2 is 1.31 bits per heavy atom. The molecular weight excluding hydrogens is 156 g/mol. The van der Waals surface area contributed by atoms with Gasteiger partial charge in [0.2, 0.25) is 0 Å². The lowest BCUT2D eigenvalue weighted by Crippen LogP contribution is -1.85. The van der Waals surface area contributed by atoms with Gasteiger partial charge in [0.05, 0.1) is 0 Å². The molecule has 0 radical (unpaired) electrons. The molecule has 13 heavy (non-hydrogen) atoms. The van der Waals surface area contributed by atoms with Crippen molar-refractivity contribution in [2.45, 2.75) is 71.1 Å². The average Bonchev–Trinajstić information content (AvgIpc) is 2.11. The van der Waals surface area contributed by atoms with Crippen LogP contribution < -0.4 is 0 Å². The quantitative estimate of drug-likeness (QED) is 0.468. The Bertz CT molecular complexity index is 144. The van der Waals surface area contributed by atoms with Gasteiger partial charge in [-0.1, -0.05) is 50.2 Å². The summed E-state index contributed by atoms with van der Waals surface area (Å²) in [7, 11) is 0. The highest BCUT2D eigenvalue weighted by Crippen LogP contribution is 2.15. The largest absolute Gasteiger partial charge is 0.0856 e. The fourth-order valence-corrected chi connectivity index (χ4v) is 2.06. The number of hydrogen-bond donors (Lipinski definition) is 0. The monoisotopic (exact) mass is 180 g/mol. The van der Waals surface area contributed by atoms with E-state index in [9.17, 15) is 0 Å². The summed E-state index contributed by atoms with van der Waals surface area (Å²) in [6, 6.07) is 0. The molecule has 0 unspecified atom stereocenters. The molecule has 76 valence electrons. The third kappa shape index (κ3) is 5.90. The van der Waals surface area contributed by atoms with E-state index < -0.39 is 0 Å². The number of hydrogen-bond acceptors (Lipinski definition) is 0. The van der Waals surface area contributed by atoms with Crippen LogP contribution in [-0.2, 0) is 0 Å². The predicted octanol–water partition coefficient (Wildman–Crippen LogP) is 4.85. The van der Waals surface area contributed by atoms with Gasteiger partial charge in [-0.15, -0.1) is 0 Å². The maximum Gasteiger partial charge on any atom is -0.0323 e. The fraction of sp³-hybridized carbons (Fsp3) is 0.846. The van der Waals surface area contributed by atoms with E-state index in [1.54, 1.807) is 5.57 Å². The molecule has 0 N–H and O–H groups in total. The molecule has 0 amide bonds. The van der Waals surface area contributed by atoms with Gasteiger partial charge in [0.25, 0.3) is 0 Å². The molecule has 0 fully saturated rings. The summed E-state index contributed by atoms with van der Waals surface area (Å²) in [4.78, 5) is 0. The molecule has 1 rings (SSSR count). The number of allylic oxidation sites excluding steroid dienone is 2. The summed E-state index contributed by atoms with van der Waals surface area (Å²) < 4.78 is 0. The molecular formula is C13H24. The molecule has 0 bridgehead atoms. The molecule has 1 aliphatic carbocycles. The molecule has 0 aromatic carbocycles. The van der Waals surface area contributed by atoms with Crippen molar-refractivity contribution in [2.24, 2.45) is 0 Å². The van der Waals surface area contributed by atoms with Crippen molar-refractivity contribution in [3.05, 3.63) is 11.6 Å². The lowest BCUT2D eigenvalue weighted by Gasteiger charge is -2.05. The van der Waals surface area contributed by atoms with Crippen LogP contribution >= 0.6 is 0 Å². The van der Waals surface area contributed by atoms with Crippen molar-refractivity contribution in [2.75, 3.05) is 0 Å². The standard InChI is InChI=1S/C13H24/c1-13-11-9-7-5-3-2-4-6-8-10-12-13/h11H,2-10,12H2,1H3/b13-11+. The summed E-state index contributed by atoms with van der Waals surface area (Å²) in [6.07, 6.45) is 16.7. The molecule has 0 heterocycles. The van der Waals surface area contributed by atoms with Gasteiger partial charge in [-0.2, -0.15) is 0 Å². The molecule has 0 spiro atoms. The molecule has 0 aromatic heterocycles. The van der Waals surface area contributed by atoms with Crippen LogP contribution in [0.2, 0.25) is 0 Å². The minimum absolute atomic E-state index is 1.33. The highest BCUT2D eigenvalue weighted by atomic mass is 14.0. The van der Waals surface area contributed by atoms with E-state index in [4.69, 9.17) is 0 Å². The maximum atomic E-state index is 2.46. The van der Waals surface area contributed by atoms with E-state index in [0.29, 0.717) is 0 Å². The second-order valence-corrected chi connectivity index (χ2v) is 4.42. The Labute approximate surface area is 83.4 Å². The molecule has 1 aliphatic rings. The number of rotatable bonds is 0. The highest BCUT2D eigenvalue weighted by molar-refractivity contribution is 4.97. The van der Waals surface area contributed by atoms with Crippen LogP contribution in [-0.4, -0.2) is 0 Å². The van der Waals surface area contributed by atoms with E-state index in [1.807, 2.05) is 0 Å². The zero-order valence-electron chi connectivity index (χ0n) is 9.15. The maximum absolute atomic E-state index is 2.46. The van der Waals surface area contributed by atoms with E-state index >= 15 is 0 Å². The Morgan fingerprint density at radius 1 is 0.769 bits per heavy atom. The van der Waals surface area contributed by atoms with Gasteiger partial charge in [-0.25, -0.2) is 0 Å². The first-order valence-corrected chi connectivity index (χ1v) is 6.05. The predicted molar refractivity (Wildman–Crippen MR) is 59.9 cm³/mol. The highest BCUT2D eigenvalue weighted by Gasteiger charge is 1.96. The van der Waals surface area contributed by atoms with Crippen LogP contribution in [0.1, 0.15) is 71.1 Å². The third-order valence-corrected chi connectivity index (χ3v) is 3.02. The zero-order valence-corrected chi connectivity index (χ0v) is 9.15. The Kier molecular flexibility index (Phi) is 5.97. The van der Waals surface area contributed by atoms with Crippen LogP contribution in [0.3, 0.4) is 0 Å². The van der Waals surface area contributed by atoms with E-state index in [2.05, 4.69) is 13.0 Å². The van der Waals surface area contributed by atoms with Crippen molar-refractivity contribution >= 4 is 0 Å². The van der Waals surface area contributed by atoms with Gasteiger partial charge >= 0.3 is 0 Å². The molecule has 0 aliphatic heterocycles. The topological polar surface area (TPSA) is 0 Å². The summed E-state index contributed by atoms with van der Waals surface area (Å²) in [5.74, 6) is 0. The van der Waals surface area contributed by atoms with Crippen molar-refractivity contribution in [1.82, 2.24) is 0 Å². The van der Waals surface area contributed by atoms with Crippen molar-refractivity contribution < 1.29 is 0 Å². The molecule has 0 atom stereocenters. The van der Waals surface area contributed by atoms with Gasteiger partial charge in [-0.05, 0) is 32.6 Å². The first kappa shape index (κ1) is 10.8. The Morgan fingerprint density at radius 3 is 2.00 bits per heavy atom. The Balaban J connectivity index is 2.23. The fourth-order valence-electron chi connectivity index (χ4n) is 2.06. The van der Waals surface area contributed by atoms with E-state index in [0.717, 1.165) is 0 Å². The second-order valence-electron chi connectivity index (χ2n) is 4.42. The van der Waals surface area contributed by atoms with Crippen LogP contribution in [0.25, 0.3) is 0 Å². The summed E-state index contributed by atoms with van der Waals surface area (Å²) in [5, 5.41) is 0. The van der Waals surface area contributed by atoms with E-state index in [-0.39, 0.29) is 0 Å². The molecule has 0 heteroatoms. The third-order valence-electron chi connectivity index (χ3n) is 3.02. The van der Waals surface area contributed by atoms with Gasteiger partial charge in [0.15, 0.2) is 0 Å². The normalized spacial score (nSPS) is 26.7. The molecule has 0 saturated heterocycles. The summed E-state index contributed by atoms with van der Waals surface area (Å²) in [6.45, 7) is 2.30.